The maximum absolute atomic E-state index is 5.88. The molecule has 16 heavy (non-hydrogen) atoms. The molecule has 0 bridgehead atoms. The molecule has 1 heterocycles. The van der Waals surface area contributed by atoms with Crippen molar-refractivity contribution in [3.63, 3.8) is 0 Å². The monoisotopic (exact) mass is 216 g/mol. The minimum absolute atomic E-state index is 0.216. The lowest BCUT2D eigenvalue weighted by molar-refractivity contribution is 0.623. The molecule has 2 N–H and O–H groups in total. The molecule has 2 aromatic rings. The van der Waals surface area contributed by atoms with Crippen molar-refractivity contribution in [3.8, 4) is 0 Å². The summed E-state index contributed by atoms with van der Waals surface area (Å²) >= 11 is 0. The van der Waals surface area contributed by atoms with E-state index in [1.165, 1.54) is 16.5 Å². The first kappa shape index (κ1) is 11.2. The standard InChI is InChI=1S/C14H20N2/c1-10(2)16-8-7-13-12(9-11(3)15)5-4-6-14(13)16/h4-8,10-11H,9,15H2,1-3H3. The molecule has 0 aliphatic carbocycles. The second kappa shape index (κ2) is 4.30. The molecule has 0 fully saturated rings. The third-order valence-corrected chi connectivity index (χ3v) is 2.95. The van der Waals surface area contributed by atoms with E-state index in [4.69, 9.17) is 5.73 Å². The van der Waals surface area contributed by atoms with Gasteiger partial charge in [-0.05, 0) is 44.9 Å². The molecule has 0 saturated heterocycles. The zero-order valence-corrected chi connectivity index (χ0v) is 10.3. The van der Waals surface area contributed by atoms with Gasteiger partial charge in [-0.1, -0.05) is 12.1 Å². The van der Waals surface area contributed by atoms with Crippen molar-refractivity contribution < 1.29 is 0 Å². The van der Waals surface area contributed by atoms with Crippen LogP contribution in [0.4, 0.5) is 0 Å². The van der Waals surface area contributed by atoms with E-state index < -0.39 is 0 Å². The van der Waals surface area contributed by atoms with Gasteiger partial charge in [0.15, 0.2) is 0 Å². The van der Waals surface area contributed by atoms with Crippen molar-refractivity contribution in [2.75, 3.05) is 0 Å². The molecule has 1 aromatic heterocycles. The third kappa shape index (κ3) is 1.98. The largest absolute Gasteiger partial charge is 0.345 e. The van der Waals surface area contributed by atoms with Gasteiger partial charge in [0.05, 0.1) is 0 Å². The number of benzene rings is 1. The highest BCUT2D eigenvalue weighted by molar-refractivity contribution is 5.83. The number of aromatic nitrogens is 1. The molecule has 0 spiro atoms. The van der Waals surface area contributed by atoms with E-state index in [0.29, 0.717) is 6.04 Å². The lowest BCUT2D eigenvalue weighted by Gasteiger charge is -2.11. The molecule has 0 amide bonds. The van der Waals surface area contributed by atoms with Crippen LogP contribution in [0.3, 0.4) is 0 Å². The molecular weight excluding hydrogens is 196 g/mol. The third-order valence-electron chi connectivity index (χ3n) is 2.95. The molecule has 0 saturated carbocycles. The number of fused-ring (bicyclic) bond motifs is 1. The first-order valence-electron chi connectivity index (χ1n) is 5.93. The molecule has 2 rings (SSSR count). The van der Waals surface area contributed by atoms with Crippen LogP contribution in [0.25, 0.3) is 10.9 Å². The molecule has 0 radical (unpaired) electrons. The quantitative estimate of drug-likeness (QED) is 0.839. The van der Waals surface area contributed by atoms with Crippen LogP contribution in [-0.4, -0.2) is 10.6 Å². The average molecular weight is 216 g/mol. The highest BCUT2D eigenvalue weighted by Gasteiger charge is 2.08. The predicted octanol–water partition coefficient (Wildman–Crippen LogP) is 3.11. The summed E-state index contributed by atoms with van der Waals surface area (Å²) in [6.45, 7) is 6.47. The van der Waals surface area contributed by atoms with E-state index in [1.54, 1.807) is 0 Å². The summed E-state index contributed by atoms with van der Waals surface area (Å²) in [5.74, 6) is 0. The van der Waals surface area contributed by atoms with Crippen molar-refractivity contribution >= 4 is 10.9 Å². The smallest absolute Gasteiger partial charge is 0.0485 e. The molecular formula is C14H20N2. The zero-order chi connectivity index (χ0) is 11.7. The van der Waals surface area contributed by atoms with Crippen molar-refractivity contribution in [1.29, 1.82) is 0 Å². The minimum Gasteiger partial charge on any atom is -0.345 e. The second-order valence-corrected chi connectivity index (χ2v) is 4.85. The fourth-order valence-electron chi connectivity index (χ4n) is 2.23. The van der Waals surface area contributed by atoms with Gasteiger partial charge in [0.2, 0.25) is 0 Å². The summed E-state index contributed by atoms with van der Waals surface area (Å²) < 4.78 is 2.31. The van der Waals surface area contributed by atoms with Crippen LogP contribution >= 0.6 is 0 Å². The maximum Gasteiger partial charge on any atom is 0.0485 e. The highest BCUT2D eigenvalue weighted by Crippen LogP contribution is 2.23. The summed E-state index contributed by atoms with van der Waals surface area (Å²) in [4.78, 5) is 0. The zero-order valence-electron chi connectivity index (χ0n) is 10.3. The molecule has 86 valence electrons. The van der Waals surface area contributed by atoms with Crippen molar-refractivity contribution in [1.82, 2.24) is 4.57 Å². The van der Waals surface area contributed by atoms with Crippen LogP contribution in [0.1, 0.15) is 32.4 Å². The van der Waals surface area contributed by atoms with E-state index in [0.717, 1.165) is 6.42 Å². The van der Waals surface area contributed by atoms with Crippen molar-refractivity contribution in [3.05, 3.63) is 36.0 Å². The molecule has 1 aromatic carbocycles. The van der Waals surface area contributed by atoms with Gasteiger partial charge in [-0.2, -0.15) is 0 Å². The molecule has 0 aliphatic rings. The first-order chi connectivity index (χ1) is 7.59. The highest BCUT2D eigenvalue weighted by atomic mass is 15.0. The van der Waals surface area contributed by atoms with Gasteiger partial charge in [0, 0.05) is 29.2 Å². The van der Waals surface area contributed by atoms with Crippen molar-refractivity contribution in [2.24, 2.45) is 5.73 Å². The topological polar surface area (TPSA) is 30.9 Å². The number of hydrogen-bond acceptors (Lipinski definition) is 1. The summed E-state index contributed by atoms with van der Waals surface area (Å²) in [5.41, 5.74) is 8.54. The SMILES string of the molecule is CC(N)Cc1cccc2c1ccn2C(C)C. The Kier molecular flexibility index (Phi) is 3.01. The van der Waals surface area contributed by atoms with Crippen molar-refractivity contribution in [2.45, 2.75) is 39.3 Å². The van der Waals surface area contributed by atoms with E-state index in [1.807, 2.05) is 0 Å². The normalized spacial score (nSPS) is 13.6. The Balaban J connectivity index is 2.53. The minimum atomic E-state index is 0.216. The fraction of sp³-hybridized carbons (Fsp3) is 0.429. The summed E-state index contributed by atoms with van der Waals surface area (Å²) in [7, 11) is 0. The van der Waals surface area contributed by atoms with Crippen LogP contribution < -0.4 is 5.73 Å². The summed E-state index contributed by atoms with van der Waals surface area (Å²) in [5, 5.41) is 1.34. The fourth-order valence-corrected chi connectivity index (χ4v) is 2.23. The van der Waals surface area contributed by atoms with Crippen LogP contribution in [0, 0.1) is 0 Å². The lowest BCUT2D eigenvalue weighted by atomic mass is 10.0. The predicted molar refractivity (Wildman–Crippen MR) is 69.7 cm³/mol. The maximum atomic E-state index is 5.88. The van der Waals surface area contributed by atoms with Crippen LogP contribution in [0.2, 0.25) is 0 Å². The molecule has 2 heteroatoms. The van der Waals surface area contributed by atoms with Gasteiger partial charge >= 0.3 is 0 Å². The Morgan fingerprint density at radius 3 is 2.56 bits per heavy atom. The second-order valence-electron chi connectivity index (χ2n) is 4.85. The Labute approximate surface area is 97.1 Å². The van der Waals surface area contributed by atoms with Crippen LogP contribution in [0.5, 0.6) is 0 Å². The number of nitrogens with zero attached hydrogens (tertiary/aromatic N) is 1. The van der Waals surface area contributed by atoms with E-state index in [2.05, 4.69) is 55.8 Å². The Morgan fingerprint density at radius 2 is 1.94 bits per heavy atom. The van der Waals surface area contributed by atoms with Gasteiger partial charge in [-0.15, -0.1) is 0 Å². The number of rotatable bonds is 3. The number of hydrogen-bond donors (Lipinski definition) is 1. The van der Waals surface area contributed by atoms with Gasteiger partial charge in [0.1, 0.15) is 0 Å². The Morgan fingerprint density at radius 1 is 1.19 bits per heavy atom. The summed E-state index contributed by atoms with van der Waals surface area (Å²) in [6, 6.07) is 9.40. The van der Waals surface area contributed by atoms with Gasteiger partial charge < -0.3 is 10.3 Å². The average Bonchev–Trinajstić information content (AvgIpc) is 2.61. The molecule has 2 nitrogen and oxygen atoms in total. The lowest BCUT2D eigenvalue weighted by Crippen LogP contribution is -2.17. The summed E-state index contributed by atoms with van der Waals surface area (Å²) in [6.07, 6.45) is 3.11. The van der Waals surface area contributed by atoms with Gasteiger partial charge in [-0.25, -0.2) is 0 Å². The molecule has 0 aliphatic heterocycles. The molecule has 1 unspecified atom stereocenters. The van der Waals surface area contributed by atoms with E-state index in [-0.39, 0.29) is 6.04 Å². The number of nitrogens with two attached hydrogens (primary N) is 1. The van der Waals surface area contributed by atoms with Crippen LogP contribution in [-0.2, 0) is 6.42 Å². The Bertz CT molecular complexity index is 480. The van der Waals surface area contributed by atoms with E-state index >= 15 is 0 Å². The first-order valence-corrected chi connectivity index (χ1v) is 5.93. The van der Waals surface area contributed by atoms with Crippen LogP contribution in [0.15, 0.2) is 30.5 Å². The Hall–Kier alpha value is -1.28. The van der Waals surface area contributed by atoms with E-state index in [9.17, 15) is 0 Å². The molecule has 1 atom stereocenters. The van der Waals surface area contributed by atoms with Gasteiger partial charge in [-0.3, -0.25) is 0 Å². The van der Waals surface area contributed by atoms with Gasteiger partial charge in [0.25, 0.3) is 0 Å².